The van der Waals surface area contributed by atoms with Crippen molar-refractivity contribution < 1.29 is 33.7 Å². The first-order valence-corrected chi connectivity index (χ1v) is 17.5. The number of aliphatic hydroxyl groups is 1. The fourth-order valence-corrected chi connectivity index (χ4v) is 7.40. The summed E-state index contributed by atoms with van der Waals surface area (Å²) < 4.78 is 21.1. The molecule has 0 aliphatic carbocycles. The average molecular weight is 682 g/mol. The van der Waals surface area contributed by atoms with Crippen molar-refractivity contribution in [1.29, 1.82) is 0 Å². The van der Waals surface area contributed by atoms with Gasteiger partial charge in [-0.3, -0.25) is 9.59 Å². The highest BCUT2D eigenvalue weighted by atomic mass is 16.6. The Kier molecular flexibility index (Phi) is 12.5. The molecule has 1 amide bonds. The van der Waals surface area contributed by atoms with E-state index in [1.807, 2.05) is 52.1 Å². The average Bonchev–Trinajstić information content (AvgIpc) is 3.61. The highest BCUT2D eigenvalue weighted by Gasteiger charge is 2.50. The molecule has 2 fully saturated rings. The molecule has 12 heteroatoms. The minimum atomic E-state index is -1.65. The van der Waals surface area contributed by atoms with Gasteiger partial charge in [0.2, 0.25) is 5.91 Å². The topological polar surface area (TPSA) is 147 Å². The number of hydrogen-bond acceptors (Lipinski definition) is 10. The lowest BCUT2D eigenvalue weighted by atomic mass is 9.68. The zero-order valence-electron chi connectivity index (χ0n) is 30.8. The summed E-state index contributed by atoms with van der Waals surface area (Å²) in [6, 6.07) is 5.59. The van der Waals surface area contributed by atoms with Gasteiger partial charge < -0.3 is 24.2 Å². The molecule has 2 aromatic rings. The number of fused-ring (bicyclic) bond motifs is 5. The molecule has 2 bridgehead atoms. The predicted octanol–water partition coefficient (Wildman–Crippen LogP) is 5.59. The summed E-state index contributed by atoms with van der Waals surface area (Å²) in [4.78, 5) is 41.0. The molecule has 2 aliphatic heterocycles. The Morgan fingerprint density at radius 3 is 2.45 bits per heavy atom. The van der Waals surface area contributed by atoms with E-state index in [1.54, 1.807) is 24.0 Å². The van der Waals surface area contributed by atoms with Crippen molar-refractivity contribution in [3.05, 3.63) is 42.4 Å². The van der Waals surface area contributed by atoms with Crippen LogP contribution in [0.25, 0.3) is 5.82 Å². The third-order valence-corrected chi connectivity index (χ3v) is 11.0. The van der Waals surface area contributed by atoms with Gasteiger partial charge in [0.1, 0.15) is 24.0 Å². The Morgan fingerprint density at radius 1 is 1.10 bits per heavy atom. The van der Waals surface area contributed by atoms with E-state index in [0.717, 1.165) is 5.56 Å². The number of rotatable bonds is 5. The van der Waals surface area contributed by atoms with E-state index in [0.29, 0.717) is 30.1 Å². The smallest absolute Gasteiger partial charge is 0.309 e. The highest BCUT2D eigenvalue weighted by Crippen LogP contribution is 2.42. The van der Waals surface area contributed by atoms with Gasteiger partial charge in [0.25, 0.3) is 0 Å². The van der Waals surface area contributed by atoms with Gasteiger partial charge >= 0.3 is 5.97 Å². The van der Waals surface area contributed by atoms with Crippen LogP contribution in [-0.2, 0) is 35.2 Å². The number of aromatic nitrogens is 3. The monoisotopic (exact) mass is 681 g/mol. The van der Waals surface area contributed by atoms with Crippen molar-refractivity contribution in [2.45, 2.75) is 112 Å². The van der Waals surface area contributed by atoms with Crippen molar-refractivity contribution in [2.24, 2.45) is 45.7 Å². The maximum absolute atomic E-state index is 13.6. The second kappa shape index (κ2) is 16.0. The SMILES string of the molecule is CC[C@H]1OC(=O)[C@H](C)[C@@H](C)[C@H](C)[C@@H](C)[C@@]2(C)C[C@@H](C)C(=NC(C)=O)[C@H](C)[C@@H](OC/C(=N/OCc3ccc(-n4cccn4)nc3)CO2)[C@]1(C)O. The van der Waals surface area contributed by atoms with Crippen LogP contribution in [0.1, 0.15) is 87.6 Å². The number of ether oxygens (including phenoxy) is 3. The van der Waals surface area contributed by atoms with Crippen LogP contribution in [0.15, 0.2) is 46.9 Å². The maximum atomic E-state index is 13.6. The standard InChI is InChI=1S/C37H55N5O7/c1-11-31-37(10,45)34-26(6)33(40-28(8)43)22(2)17-36(9,27(7)24(4)23(3)25(5)35(44)49-31)47-21-30(20-46-34)41-48-19-29-13-14-32(38-18-29)42-16-12-15-39-42/h12-16,18,22-27,31,34,45H,11,17,19-21H2,1-10H3/b40-33?,41-30-/t22-,23+,24+,25-,26+,27-,31-,34-,36-,37-/m1/s1. The molecule has 4 heterocycles. The van der Waals surface area contributed by atoms with Gasteiger partial charge in [-0.15, -0.1) is 0 Å². The van der Waals surface area contributed by atoms with E-state index in [9.17, 15) is 14.7 Å². The zero-order valence-corrected chi connectivity index (χ0v) is 30.8. The Hall–Kier alpha value is -3.48. The van der Waals surface area contributed by atoms with Crippen molar-refractivity contribution in [3.63, 3.8) is 0 Å². The number of cyclic esters (lactones) is 1. The summed E-state index contributed by atoms with van der Waals surface area (Å²) in [5, 5.41) is 21.0. The Labute approximate surface area is 290 Å². The molecule has 12 nitrogen and oxygen atoms in total. The first-order valence-electron chi connectivity index (χ1n) is 17.5. The minimum absolute atomic E-state index is 0.0267. The highest BCUT2D eigenvalue weighted by molar-refractivity contribution is 5.98. The van der Waals surface area contributed by atoms with Crippen molar-refractivity contribution in [3.8, 4) is 5.82 Å². The molecule has 2 saturated heterocycles. The van der Waals surface area contributed by atoms with Gasteiger partial charge in [-0.05, 0) is 62.5 Å². The first kappa shape index (κ1) is 38.3. The Balaban J connectivity index is 1.77. The zero-order chi connectivity index (χ0) is 36.1. The quantitative estimate of drug-likeness (QED) is 0.315. The van der Waals surface area contributed by atoms with Crippen LogP contribution in [0.2, 0.25) is 0 Å². The Bertz CT molecular complexity index is 1470. The lowest BCUT2D eigenvalue weighted by molar-refractivity contribution is -0.193. The molecule has 1 N–H and O–H groups in total. The number of nitrogens with zero attached hydrogens (tertiary/aromatic N) is 5. The number of esters is 1. The largest absolute Gasteiger partial charge is 0.459 e. The summed E-state index contributed by atoms with van der Waals surface area (Å²) >= 11 is 0. The normalized spacial score (nSPS) is 36.8. The van der Waals surface area contributed by atoms with Crippen molar-refractivity contribution in [1.82, 2.24) is 14.8 Å². The fraction of sp³-hybridized carbons (Fsp3) is 0.676. The molecule has 2 aliphatic rings. The van der Waals surface area contributed by atoms with E-state index in [4.69, 9.17) is 19.0 Å². The molecule has 0 saturated carbocycles. The molecule has 49 heavy (non-hydrogen) atoms. The van der Waals surface area contributed by atoms with Gasteiger partial charge in [0.15, 0.2) is 5.82 Å². The maximum Gasteiger partial charge on any atom is 0.309 e. The molecule has 0 spiro atoms. The van der Waals surface area contributed by atoms with E-state index in [2.05, 4.69) is 47.9 Å². The second-order valence-corrected chi connectivity index (χ2v) is 14.5. The van der Waals surface area contributed by atoms with Crippen LogP contribution in [-0.4, -0.2) is 79.8 Å². The molecular formula is C37H55N5O7. The van der Waals surface area contributed by atoms with E-state index in [-0.39, 0.29) is 55.4 Å². The molecule has 2 aromatic heterocycles. The molecule has 10 atom stereocenters. The summed E-state index contributed by atoms with van der Waals surface area (Å²) in [5.74, 6) is -1.22. The summed E-state index contributed by atoms with van der Waals surface area (Å²) in [5.41, 5.74) is -0.469. The number of hydrogen-bond donors (Lipinski definition) is 1. The summed E-state index contributed by atoms with van der Waals surface area (Å²) in [6.45, 7) is 19.4. The number of carbonyl (C=O) groups is 2. The summed E-state index contributed by atoms with van der Waals surface area (Å²) in [6.07, 6.45) is 4.31. The second-order valence-electron chi connectivity index (χ2n) is 14.5. The number of carbonyl (C=O) groups excluding carboxylic acids is 2. The van der Waals surface area contributed by atoms with Crippen molar-refractivity contribution in [2.75, 3.05) is 13.2 Å². The molecule has 270 valence electrons. The van der Waals surface area contributed by atoms with Crippen LogP contribution in [0.3, 0.4) is 0 Å². The van der Waals surface area contributed by atoms with Gasteiger partial charge in [-0.25, -0.2) is 14.7 Å². The van der Waals surface area contributed by atoms with Gasteiger partial charge in [-0.1, -0.05) is 59.7 Å². The molecule has 0 radical (unpaired) electrons. The number of pyridine rings is 1. The van der Waals surface area contributed by atoms with Crippen molar-refractivity contribution >= 4 is 23.3 Å². The lowest BCUT2D eigenvalue weighted by Crippen LogP contribution is -2.57. The van der Waals surface area contributed by atoms with Crippen LogP contribution in [0, 0.1) is 35.5 Å². The third-order valence-electron chi connectivity index (χ3n) is 11.0. The fourth-order valence-electron chi connectivity index (χ4n) is 7.40. The minimum Gasteiger partial charge on any atom is -0.459 e. The number of aliphatic imine (C=N–C) groups is 1. The van der Waals surface area contributed by atoms with Crippen LogP contribution >= 0.6 is 0 Å². The first-order chi connectivity index (χ1) is 23.1. The third kappa shape index (κ3) is 8.82. The van der Waals surface area contributed by atoms with Gasteiger partial charge in [-0.2, -0.15) is 5.10 Å². The molecule has 0 unspecified atom stereocenters. The molecule has 4 rings (SSSR count). The predicted molar refractivity (Wildman–Crippen MR) is 186 cm³/mol. The van der Waals surface area contributed by atoms with Crippen LogP contribution in [0.5, 0.6) is 0 Å². The summed E-state index contributed by atoms with van der Waals surface area (Å²) in [7, 11) is 0. The van der Waals surface area contributed by atoms with Crippen LogP contribution < -0.4 is 0 Å². The van der Waals surface area contributed by atoms with Gasteiger partial charge in [0.05, 0.1) is 30.8 Å². The van der Waals surface area contributed by atoms with E-state index < -0.39 is 35.2 Å². The van der Waals surface area contributed by atoms with E-state index >= 15 is 0 Å². The molecule has 0 aromatic carbocycles. The Morgan fingerprint density at radius 2 is 1.84 bits per heavy atom. The number of amides is 1. The van der Waals surface area contributed by atoms with E-state index in [1.165, 1.54) is 6.92 Å². The number of oxime groups is 1. The van der Waals surface area contributed by atoms with Gasteiger partial charge in [0, 0.05) is 42.7 Å². The van der Waals surface area contributed by atoms with Crippen LogP contribution in [0.4, 0.5) is 0 Å². The molecular weight excluding hydrogens is 626 g/mol. The lowest BCUT2D eigenvalue weighted by Gasteiger charge is -2.45.